The zero-order chi connectivity index (χ0) is 14.8. The highest BCUT2D eigenvalue weighted by Gasteiger charge is 2.11. The maximum Gasteiger partial charge on any atom is 0.167 e. The van der Waals surface area contributed by atoms with E-state index in [4.69, 9.17) is 4.52 Å². The van der Waals surface area contributed by atoms with E-state index < -0.39 is 0 Å². The number of anilines is 1. The highest BCUT2D eigenvalue weighted by atomic mass is 16.5. The van der Waals surface area contributed by atoms with Gasteiger partial charge >= 0.3 is 0 Å². The minimum absolute atomic E-state index is 0.0759. The first kappa shape index (κ1) is 14.6. The monoisotopic (exact) mass is 273 g/mol. The van der Waals surface area contributed by atoms with Gasteiger partial charge in [-0.1, -0.05) is 5.16 Å². The molecule has 0 atom stereocenters. The van der Waals surface area contributed by atoms with Crippen molar-refractivity contribution in [2.75, 3.05) is 19.0 Å². The molecule has 2 rings (SSSR count). The van der Waals surface area contributed by atoms with E-state index in [9.17, 15) is 0 Å². The minimum Gasteiger partial charge on any atom is -0.378 e. The Bertz CT molecular complexity index is 550. The molecule has 0 fully saturated rings. The van der Waals surface area contributed by atoms with Gasteiger partial charge in [0.25, 0.3) is 0 Å². The summed E-state index contributed by atoms with van der Waals surface area (Å²) < 4.78 is 5.41. The van der Waals surface area contributed by atoms with Crippen LogP contribution in [0.25, 0.3) is 11.3 Å². The molecule has 0 aliphatic carbocycles. The van der Waals surface area contributed by atoms with Gasteiger partial charge in [0.1, 0.15) is 0 Å². The van der Waals surface area contributed by atoms with Gasteiger partial charge in [-0.25, -0.2) is 0 Å². The first-order chi connectivity index (χ1) is 9.35. The minimum atomic E-state index is 0.0759. The highest BCUT2D eigenvalue weighted by Crippen LogP contribution is 2.23. The summed E-state index contributed by atoms with van der Waals surface area (Å²) in [4.78, 5) is 2.07. The SMILES string of the molecule is CN(C)c1ccc(-c2cc(CNC(C)(C)C)no2)cc1. The topological polar surface area (TPSA) is 41.3 Å². The van der Waals surface area contributed by atoms with Crippen LogP contribution in [0, 0.1) is 0 Å². The molecule has 1 aromatic carbocycles. The molecule has 2 aromatic rings. The van der Waals surface area contributed by atoms with Crippen LogP contribution in [0.2, 0.25) is 0 Å². The lowest BCUT2D eigenvalue weighted by Crippen LogP contribution is -2.35. The van der Waals surface area contributed by atoms with Gasteiger partial charge in [0.2, 0.25) is 0 Å². The summed E-state index contributed by atoms with van der Waals surface area (Å²) in [5.41, 5.74) is 3.21. The van der Waals surface area contributed by atoms with Crippen molar-refractivity contribution in [1.29, 1.82) is 0 Å². The maximum atomic E-state index is 5.41. The predicted molar refractivity (Wildman–Crippen MR) is 82.9 cm³/mol. The second-order valence-electron chi connectivity index (χ2n) is 6.23. The standard InChI is InChI=1S/C16H23N3O/c1-16(2,3)17-11-13-10-15(20-18-13)12-6-8-14(9-7-12)19(4)5/h6-10,17H,11H2,1-5H3. The van der Waals surface area contributed by atoms with E-state index >= 15 is 0 Å². The van der Waals surface area contributed by atoms with E-state index in [0.717, 1.165) is 17.0 Å². The first-order valence-corrected chi connectivity index (χ1v) is 6.83. The molecule has 1 aromatic heterocycles. The first-order valence-electron chi connectivity index (χ1n) is 6.83. The van der Waals surface area contributed by atoms with Crippen LogP contribution < -0.4 is 10.2 Å². The van der Waals surface area contributed by atoms with Crippen molar-refractivity contribution in [3.8, 4) is 11.3 Å². The van der Waals surface area contributed by atoms with Gasteiger partial charge in [0, 0.05) is 43.5 Å². The van der Waals surface area contributed by atoms with Crippen LogP contribution in [0.15, 0.2) is 34.9 Å². The molecule has 108 valence electrons. The lowest BCUT2D eigenvalue weighted by molar-refractivity contribution is 0.392. The molecule has 0 saturated carbocycles. The summed E-state index contributed by atoms with van der Waals surface area (Å²) in [5, 5.41) is 7.50. The van der Waals surface area contributed by atoms with Crippen LogP contribution in [0.4, 0.5) is 5.69 Å². The molecular weight excluding hydrogens is 250 g/mol. The Balaban J connectivity index is 2.08. The van der Waals surface area contributed by atoms with E-state index in [0.29, 0.717) is 6.54 Å². The Morgan fingerprint density at radius 1 is 1.15 bits per heavy atom. The Hall–Kier alpha value is -1.81. The molecule has 0 aliphatic rings. The molecule has 4 heteroatoms. The lowest BCUT2D eigenvalue weighted by atomic mass is 10.1. The van der Waals surface area contributed by atoms with E-state index in [1.807, 2.05) is 20.2 Å². The third-order valence-electron chi connectivity index (χ3n) is 3.03. The normalized spacial score (nSPS) is 11.7. The molecule has 0 unspecified atom stereocenters. The van der Waals surface area contributed by atoms with Crippen LogP contribution in [-0.4, -0.2) is 24.8 Å². The molecule has 0 radical (unpaired) electrons. The number of nitrogens with one attached hydrogen (secondary N) is 1. The zero-order valence-electron chi connectivity index (χ0n) is 12.9. The summed E-state index contributed by atoms with van der Waals surface area (Å²) >= 11 is 0. The summed E-state index contributed by atoms with van der Waals surface area (Å²) in [6.45, 7) is 7.11. The van der Waals surface area contributed by atoms with Gasteiger partial charge < -0.3 is 14.7 Å². The van der Waals surface area contributed by atoms with E-state index in [1.165, 1.54) is 5.69 Å². The molecule has 0 saturated heterocycles. The number of aromatic nitrogens is 1. The molecule has 20 heavy (non-hydrogen) atoms. The van der Waals surface area contributed by atoms with Crippen molar-refractivity contribution >= 4 is 5.69 Å². The third-order valence-corrected chi connectivity index (χ3v) is 3.03. The van der Waals surface area contributed by atoms with Gasteiger partial charge in [-0.3, -0.25) is 0 Å². The Morgan fingerprint density at radius 3 is 2.35 bits per heavy atom. The fourth-order valence-corrected chi connectivity index (χ4v) is 1.81. The van der Waals surface area contributed by atoms with Crippen LogP contribution in [-0.2, 0) is 6.54 Å². The van der Waals surface area contributed by atoms with Gasteiger partial charge in [-0.2, -0.15) is 0 Å². The predicted octanol–water partition coefficient (Wildman–Crippen LogP) is 3.30. The highest BCUT2D eigenvalue weighted by molar-refractivity contribution is 5.61. The molecule has 1 N–H and O–H groups in total. The fourth-order valence-electron chi connectivity index (χ4n) is 1.81. The Kier molecular flexibility index (Phi) is 4.14. The van der Waals surface area contributed by atoms with Crippen molar-refractivity contribution in [2.45, 2.75) is 32.9 Å². The average molecular weight is 273 g/mol. The molecule has 0 bridgehead atoms. The fraction of sp³-hybridized carbons (Fsp3) is 0.438. The Labute approximate surface area is 120 Å². The van der Waals surface area contributed by atoms with E-state index in [2.05, 4.69) is 60.4 Å². The number of rotatable bonds is 4. The van der Waals surface area contributed by atoms with Crippen LogP contribution in [0.5, 0.6) is 0 Å². The average Bonchev–Trinajstić information content (AvgIpc) is 2.84. The maximum absolute atomic E-state index is 5.41. The Morgan fingerprint density at radius 2 is 1.80 bits per heavy atom. The smallest absolute Gasteiger partial charge is 0.167 e. The lowest BCUT2D eigenvalue weighted by Gasteiger charge is -2.19. The number of hydrogen-bond acceptors (Lipinski definition) is 4. The van der Waals surface area contributed by atoms with Crippen molar-refractivity contribution in [1.82, 2.24) is 10.5 Å². The molecule has 0 amide bonds. The van der Waals surface area contributed by atoms with Crippen molar-refractivity contribution in [3.05, 3.63) is 36.0 Å². The number of hydrogen-bond donors (Lipinski definition) is 1. The van der Waals surface area contributed by atoms with E-state index in [1.54, 1.807) is 0 Å². The summed E-state index contributed by atoms with van der Waals surface area (Å²) in [6.07, 6.45) is 0. The van der Waals surface area contributed by atoms with E-state index in [-0.39, 0.29) is 5.54 Å². The number of nitrogens with zero attached hydrogens (tertiary/aromatic N) is 2. The molecule has 1 heterocycles. The van der Waals surface area contributed by atoms with Gasteiger partial charge in [0.05, 0.1) is 5.69 Å². The summed E-state index contributed by atoms with van der Waals surface area (Å²) in [5.74, 6) is 0.806. The summed E-state index contributed by atoms with van der Waals surface area (Å²) in [6, 6.07) is 10.2. The number of benzene rings is 1. The van der Waals surface area contributed by atoms with Gasteiger partial charge in [-0.15, -0.1) is 0 Å². The molecule has 0 spiro atoms. The molecular formula is C16H23N3O. The molecule has 4 nitrogen and oxygen atoms in total. The van der Waals surface area contributed by atoms with Crippen molar-refractivity contribution in [2.24, 2.45) is 0 Å². The van der Waals surface area contributed by atoms with Crippen molar-refractivity contribution < 1.29 is 4.52 Å². The van der Waals surface area contributed by atoms with Crippen LogP contribution in [0.3, 0.4) is 0 Å². The largest absolute Gasteiger partial charge is 0.378 e. The van der Waals surface area contributed by atoms with Gasteiger partial charge in [0.15, 0.2) is 5.76 Å². The zero-order valence-corrected chi connectivity index (χ0v) is 12.9. The summed E-state index contributed by atoms with van der Waals surface area (Å²) in [7, 11) is 4.06. The molecule has 0 aliphatic heterocycles. The second-order valence-corrected chi connectivity index (χ2v) is 6.23. The van der Waals surface area contributed by atoms with Crippen LogP contribution >= 0.6 is 0 Å². The third kappa shape index (κ3) is 3.84. The second kappa shape index (κ2) is 5.67. The van der Waals surface area contributed by atoms with Crippen molar-refractivity contribution in [3.63, 3.8) is 0 Å². The van der Waals surface area contributed by atoms with Crippen LogP contribution in [0.1, 0.15) is 26.5 Å². The quantitative estimate of drug-likeness (QED) is 0.928. The van der Waals surface area contributed by atoms with Gasteiger partial charge in [-0.05, 0) is 45.0 Å².